The van der Waals surface area contributed by atoms with E-state index >= 15 is 0 Å². The first-order chi connectivity index (χ1) is 28.6. The Labute approximate surface area is 342 Å². The maximum Gasteiger partial charge on any atom is 0.265 e. The zero-order chi connectivity index (χ0) is 42.6. The number of nitrogens with one attached hydrogen (secondary N) is 3. The monoisotopic (exact) mass is 854 g/mol. The molecule has 0 radical (unpaired) electrons. The molecule has 19 nitrogen and oxygen atoms in total. The fourth-order valence-electron chi connectivity index (χ4n) is 5.64. The third-order valence-electron chi connectivity index (χ3n) is 8.50. The smallest absolute Gasteiger partial charge is 0.265 e. The van der Waals surface area contributed by atoms with E-state index in [1.54, 1.807) is 5.38 Å². The van der Waals surface area contributed by atoms with E-state index in [1.165, 1.54) is 35.6 Å². The number of aliphatic hydroxyl groups excluding tert-OH is 2. The fraction of sp³-hybridized carbons (Fsp3) is 0.514. The van der Waals surface area contributed by atoms with Crippen molar-refractivity contribution in [2.75, 3.05) is 110 Å². The van der Waals surface area contributed by atoms with Crippen LogP contribution in [0.25, 0.3) is 0 Å². The van der Waals surface area contributed by atoms with E-state index in [4.69, 9.17) is 33.5 Å². The summed E-state index contributed by atoms with van der Waals surface area (Å²) < 4.78 is 60.6. The number of hydrogen-bond donors (Lipinski definition) is 5. The summed E-state index contributed by atoms with van der Waals surface area (Å²) in [6, 6.07) is 4.29. The van der Waals surface area contributed by atoms with Crippen molar-refractivity contribution >= 4 is 46.0 Å². The van der Waals surface area contributed by atoms with Gasteiger partial charge >= 0.3 is 0 Å². The first-order valence-corrected chi connectivity index (χ1v) is 19.4. The molecule has 1 aromatic carbocycles. The van der Waals surface area contributed by atoms with E-state index in [0.29, 0.717) is 36.9 Å². The molecule has 3 atom stereocenters. The summed E-state index contributed by atoms with van der Waals surface area (Å²) in [5, 5.41) is 28.7. The van der Waals surface area contributed by atoms with Crippen LogP contribution < -0.4 is 25.6 Å². The van der Waals surface area contributed by atoms with Gasteiger partial charge in [-0.15, -0.1) is 17.9 Å². The normalized spacial score (nSPS) is 15.8. The number of carbonyl (C=O) groups excluding carboxylic acids is 5. The molecular weight excluding hydrogens is 806 g/mol. The van der Waals surface area contributed by atoms with Gasteiger partial charge in [0.2, 0.25) is 11.8 Å². The van der Waals surface area contributed by atoms with E-state index in [2.05, 4.69) is 22.2 Å². The molecule has 2 aromatic rings. The quantitative estimate of drug-likeness (QED) is 0.0339. The molecule has 4 rings (SSSR count). The average molecular weight is 855 g/mol. The number of ether oxygens (including phenoxy) is 6. The Morgan fingerprint density at radius 2 is 1.69 bits per heavy atom. The Morgan fingerprint density at radius 1 is 1.00 bits per heavy atom. The minimum atomic E-state index is -1.44. The minimum absolute atomic E-state index is 0.00658. The van der Waals surface area contributed by atoms with E-state index in [-0.39, 0.29) is 82.5 Å². The summed E-state index contributed by atoms with van der Waals surface area (Å²) >= 11 is 1.36. The van der Waals surface area contributed by atoms with Gasteiger partial charge < -0.3 is 48.9 Å². The number of nitrogens with zero attached hydrogens (tertiary/aromatic N) is 3. The second kappa shape index (κ2) is 25.0. The molecule has 5 N–H and O–H groups in total. The molecule has 2 aliphatic heterocycles. The van der Waals surface area contributed by atoms with Gasteiger partial charge in [0.1, 0.15) is 50.8 Å². The first-order valence-electron chi connectivity index (χ1n) is 18.5. The summed E-state index contributed by atoms with van der Waals surface area (Å²) in [5.41, 5.74) is 0.349. The highest BCUT2D eigenvalue weighted by Gasteiger charge is 2.39. The van der Waals surface area contributed by atoms with Gasteiger partial charge in [0.05, 0.1) is 75.6 Å². The van der Waals surface area contributed by atoms with Crippen molar-refractivity contribution in [2.24, 2.45) is 0 Å². The Bertz CT molecular complexity index is 1760. The van der Waals surface area contributed by atoms with Gasteiger partial charge in [0, 0.05) is 31.6 Å². The Kier molecular flexibility index (Phi) is 19.9. The Balaban J connectivity index is 1.01. The number of aliphatic hydroxyl groups is 2. The molecule has 0 saturated carbocycles. The number of hydrogen-bond acceptors (Lipinski definition) is 17. The number of rotatable bonds is 27. The molecule has 1 saturated heterocycles. The van der Waals surface area contributed by atoms with Crippen molar-refractivity contribution in [2.45, 2.75) is 18.2 Å². The van der Waals surface area contributed by atoms with Gasteiger partial charge in [-0.2, -0.15) is 0 Å². The van der Waals surface area contributed by atoms with Crippen LogP contribution in [0.1, 0.15) is 32.3 Å². The van der Waals surface area contributed by atoms with Crippen molar-refractivity contribution in [1.29, 1.82) is 0 Å². The number of anilines is 1. The number of thiazole rings is 1. The van der Waals surface area contributed by atoms with Crippen LogP contribution in [0.4, 0.5) is 13.9 Å². The van der Waals surface area contributed by atoms with Crippen LogP contribution >= 0.6 is 11.3 Å². The topological polar surface area (TPSA) is 237 Å². The number of halogens is 2. The van der Waals surface area contributed by atoms with Crippen LogP contribution in [0.3, 0.4) is 0 Å². The molecule has 3 unspecified atom stereocenters. The van der Waals surface area contributed by atoms with Gasteiger partial charge in [-0.05, 0) is 12.1 Å². The molecule has 5 amide bonds. The van der Waals surface area contributed by atoms with E-state index < -0.39 is 73.4 Å². The van der Waals surface area contributed by atoms with Crippen molar-refractivity contribution in [3.8, 4) is 5.75 Å². The molecule has 22 heteroatoms. The zero-order valence-corrected chi connectivity index (χ0v) is 32.9. The summed E-state index contributed by atoms with van der Waals surface area (Å²) in [6.45, 7) is 5.46. The number of benzene rings is 1. The Morgan fingerprint density at radius 3 is 2.37 bits per heavy atom. The largest absolute Gasteiger partial charge is 0.489 e. The second-order valence-electron chi connectivity index (χ2n) is 12.6. The van der Waals surface area contributed by atoms with E-state index in [1.807, 2.05) is 10.2 Å². The SMILES string of the molecule is C=CC(c1csc(N2CCOCC2)n1)C(OCC(=O)NCCOCCOCCOCCNC(O)COc1cccc2c1C(=O)N(CC(=O)NC(=O)CO)C2=O)/C(F)=C/F. The molecule has 1 aromatic heterocycles. The van der Waals surface area contributed by atoms with Crippen LogP contribution in [-0.4, -0.2) is 167 Å². The molecule has 3 heterocycles. The average Bonchev–Trinajstić information content (AvgIpc) is 3.83. The first kappa shape index (κ1) is 46.9. The summed E-state index contributed by atoms with van der Waals surface area (Å²) in [5.74, 6) is -6.07. The van der Waals surface area contributed by atoms with Crippen LogP contribution in [0.5, 0.6) is 5.75 Å². The molecule has 0 bridgehead atoms. The Hall–Kier alpha value is -4.78. The van der Waals surface area contributed by atoms with E-state index in [9.17, 15) is 37.9 Å². The minimum Gasteiger partial charge on any atom is -0.489 e. The molecule has 1 fully saturated rings. The highest BCUT2D eigenvalue weighted by atomic mass is 32.1. The number of amides is 5. The molecule has 324 valence electrons. The van der Waals surface area contributed by atoms with Crippen molar-refractivity contribution in [3.05, 3.63) is 65.2 Å². The van der Waals surface area contributed by atoms with Crippen LogP contribution in [0.2, 0.25) is 0 Å². The lowest BCUT2D eigenvalue weighted by Crippen LogP contribution is -2.43. The van der Waals surface area contributed by atoms with Gasteiger partial charge in [-0.1, -0.05) is 12.1 Å². The van der Waals surface area contributed by atoms with Crippen LogP contribution in [0, 0.1) is 0 Å². The van der Waals surface area contributed by atoms with E-state index in [0.717, 1.165) is 5.13 Å². The lowest BCUT2D eigenvalue weighted by molar-refractivity contribution is -0.132. The summed E-state index contributed by atoms with van der Waals surface area (Å²) in [4.78, 5) is 68.4. The van der Waals surface area contributed by atoms with Crippen LogP contribution in [-0.2, 0) is 38.1 Å². The lowest BCUT2D eigenvalue weighted by atomic mass is 9.98. The fourth-order valence-corrected chi connectivity index (χ4v) is 6.56. The van der Waals surface area contributed by atoms with Gasteiger partial charge in [0.15, 0.2) is 11.0 Å². The highest BCUT2D eigenvalue weighted by molar-refractivity contribution is 7.13. The number of carbonyl (C=O) groups is 5. The van der Waals surface area contributed by atoms with Crippen molar-refractivity contribution in [3.63, 3.8) is 0 Å². The predicted molar refractivity (Wildman–Crippen MR) is 205 cm³/mol. The van der Waals surface area contributed by atoms with Crippen LogP contribution in [0.15, 0.2) is 48.4 Å². The molecule has 59 heavy (non-hydrogen) atoms. The maximum absolute atomic E-state index is 14.5. The van der Waals surface area contributed by atoms with Crippen molar-refractivity contribution < 1.29 is 71.4 Å². The third-order valence-corrected chi connectivity index (χ3v) is 9.42. The second-order valence-corrected chi connectivity index (χ2v) is 13.5. The number of morpholine rings is 1. The third kappa shape index (κ3) is 14.5. The standard InChI is InChI=1S/C37H48F2N6O13S/c1-2-24(27-23-59-37(42-27)44-8-12-55-13-9-44)34(26(39)18-38)58-22-32(50)41-7-11-54-15-17-56-16-14-53-10-6-40-31(49)21-57-28-5-3-4-25-33(28)36(52)45(35(25)51)19-29(47)43-30(48)20-46/h2-5,18,23-24,31,34,40,46,49H,1,6-17,19-22H2,(H,41,50)(H,43,47,48)/b26-18-. The predicted octanol–water partition coefficient (Wildman–Crippen LogP) is -0.201. The maximum atomic E-state index is 14.5. The summed E-state index contributed by atoms with van der Waals surface area (Å²) in [6.07, 6.45) is -1.40. The van der Waals surface area contributed by atoms with Gasteiger partial charge in [-0.3, -0.25) is 39.5 Å². The van der Waals surface area contributed by atoms with Gasteiger partial charge in [0.25, 0.3) is 17.7 Å². The highest BCUT2D eigenvalue weighted by Crippen LogP contribution is 2.33. The molecule has 0 aliphatic carbocycles. The number of imide groups is 2. The molecular formula is C37H48F2N6O13S. The zero-order valence-electron chi connectivity index (χ0n) is 32.1. The molecule has 2 aliphatic rings. The van der Waals surface area contributed by atoms with Gasteiger partial charge in [-0.25, -0.2) is 13.8 Å². The number of aromatic nitrogens is 1. The van der Waals surface area contributed by atoms with Crippen molar-refractivity contribution in [1.82, 2.24) is 25.8 Å². The lowest BCUT2D eigenvalue weighted by Gasteiger charge is -2.26. The summed E-state index contributed by atoms with van der Waals surface area (Å²) in [7, 11) is 0. The number of fused-ring (bicyclic) bond motifs is 1. The molecule has 0 spiro atoms.